The molecule has 1 heterocycles. The molecule has 0 atom stereocenters. The predicted molar refractivity (Wildman–Crippen MR) is 43.8 cm³/mol. The fourth-order valence-electron chi connectivity index (χ4n) is 0.669. The van der Waals surface area contributed by atoms with Gasteiger partial charge in [-0.15, -0.1) is 0 Å². The van der Waals surface area contributed by atoms with Gasteiger partial charge in [0, 0.05) is 11.9 Å². The summed E-state index contributed by atoms with van der Waals surface area (Å²) in [6.45, 7) is 4.21. The van der Waals surface area contributed by atoms with Gasteiger partial charge in [-0.2, -0.15) is 0 Å². The predicted octanol–water partition coefficient (Wildman–Crippen LogP) is 2.36. The molecule has 1 aromatic heterocycles. The van der Waals surface area contributed by atoms with Crippen LogP contribution >= 0.6 is 15.9 Å². The van der Waals surface area contributed by atoms with Gasteiger partial charge < -0.3 is 0 Å². The standard InChI is InChI=1S/C7H9BrN2/c1-5(2)6-3-4-9-7(8)10-6/h3-5H,1-2H3. The van der Waals surface area contributed by atoms with Gasteiger partial charge >= 0.3 is 0 Å². The van der Waals surface area contributed by atoms with Gasteiger partial charge in [0.15, 0.2) is 4.73 Å². The normalized spacial score (nSPS) is 10.4. The van der Waals surface area contributed by atoms with Crippen LogP contribution in [0.1, 0.15) is 25.5 Å². The van der Waals surface area contributed by atoms with Crippen molar-refractivity contribution in [2.24, 2.45) is 0 Å². The van der Waals surface area contributed by atoms with Crippen LogP contribution in [0.4, 0.5) is 0 Å². The van der Waals surface area contributed by atoms with Crippen LogP contribution in [0.25, 0.3) is 0 Å². The lowest BCUT2D eigenvalue weighted by Gasteiger charge is -2.01. The molecule has 0 bridgehead atoms. The Balaban J connectivity index is 2.96. The van der Waals surface area contributed by atoms with Gasteiger partial charge in [0.25, 0.3) is 0 Å². The Morgan fingerprint density at radius 1 is 1.50 bits per heavy atom. The Labute approximate surface area is 68.8 Å². The SMILES string of the molecule is CC(C)c1ccnc(Br)n1. The van der Waals surface area contributed by atoms with E-state index in [4.69, 9.17) is 0 Å². The van der Waals surface area contributed by atoms with E-state index in [2.05, 4.69) is 39.7 Å². The fourth-order valence-corrected chi connectivity index (χ4v) is 0.992. The lowest BCUT2D eigenvalue weighted by Crippen LogP contribution is -1.93. The molecule has 0 saturated heterocycles. The van der Waals surface area contributed by atoms with Crippen molar-refractivity contribution in [3.05, 3.63) is 22.7 Å². The maximum atomic E-state index is 4.18. The molecule has 1 rings (SSSR count). The number of hydrogen-bond acceptors (Lipinski definition) is 2. The molecule has 0 saturated carbocycles. The molecule has 0 N–H and O–H groups in total. The summed E-state index contributed by atoms with van der Waals surface area (Å²) in [7, 11) is 0. The van der Waals surface area contributed by atoms with Crippen LogP contribution in [-0.2, 0) is 0 Å². The molecule has 0 spiro atoms. The molecule has 0 aliphatic carbocycles. The zero-order valence-corrected chi connectivity index (χ0v) is 7.59. The minimum Gasteiger partial charge on any atom is -0.231 e. The van der Waals surface area contributed by atoms with E-state index in [1.807, 2.05) is 6.07 Å². The first-order chi connectivity index (χ1) is 4.70. The third-order valence-electron chi connectivity index (χ3n) is 1.24. The van der Waals surface area contributed by atoms with E-state index in [1.54, 1.807) is 6.20 Å². The molecule has 0 fully saturated rings. The van der Waals surface area contributed by atoms with Gasteiger partial charge in [-0.05, 0) is 27.9 Å². The van der Waals surface area contributed by atoms with E-state index >= 15 is 0 Å². The number of halogens is 1. The van der Waals surface area contributed by atoms with Gasteiger partial charge in [-0.25, -0.2) is 9.97 Å². The van der Waals surface area contributed by atoms with Gasteiger partial charge in [-0.3, -0.25) is 0 Å². The summed E-state index contributed by atoms with van der Waals surface area (Å²) in [6.07, 6.45) is 1.76. The van der Waals surface area contributed by atoms with Gasteiger partial charge in [0.05, 0.1) is 0 Å². The highest BCUT2D eigenvalue weighted by atomic mass is 79.9. The Morgan fingerprint density at radius 2 is 2.20 bits per heavy atom. The van der Waals surface area contributed by atoms with E-state index < -0.39 is 0 Å². The average molecular weight is 201 g/mol. The van der Waals surface area contributed by atoms with Gasteiger partial charge in [0.1, 0.15) is 0 Å². The van der Waals surface area contributed by atoms with E-state index in [1.165, 1.54) is 0 Å². The Kier molecular flexibility index (Phi) is 2.38. The van der Waals surface area contributed by atoms with E-state index in [9.17, 15) is 0 Å². The minimum atomic E-state index is 0.472. The van der Waals surface area contributed by atoms with E-state index in [0.717, 1.165) is 5.69 Å². The van der Waals surface area contributed by atoms with Crippen LogP contribution < -0.4 is 0 Å². The van der Waals surface area contributed by atoms with Crippen molar-refractivity contribution >= 4 is 15.9 Å². The second-order valence-corrected chi connectivity index (χ2v) is 3.11. The van der Waals surface area contributed by atoms with Crippen LogP contribution in [0.15, 0.2) is 17.0 Å². The molecule has 3 heteroatoms. The molecule has 1 aromatic rings. The summed E-state index contributed by atoms with van der Waals surface area (Å²) in [5.74, 6) is 0.472. The number of aromatic nitrogens is 2. The zero-order valence-electron chi connectivity index (χ0n) is 6.00. The van der Waals surface area contributed by atoms with Crippen molar-refractivity contribution in [1.29, 1.82) is 0 Å². The van der Waals surface area contributed by atoms with Crippen molar-refractivity contribution in [2.45, 2.75) is 19.8 Å². The first-order valence-corrected chi connectivity index (χ1v) is 3.98. The van der Waals surface area contributed by atoms with Crippen molar-refractivity contribution < 1.29 is 0 Å². The van der Waals surface area contributed by atoms with Gasteiger partial charge in [-0.1, -0.05) is 13.8 Å². The monoisotopic (exact) mass is 200 g/mol. The van der Waals surface area contributed by atoms with Crippen LogP contribution in [0.5, 0.6) is 0 Å². The topological polar surface area (TPSA) is 25.8 Å². The molecule has 0 aliphatic heterocycles. The quantitative estimate of drug-likeness (QED) is 0.651. The molecule has 0 amide bonds. The van der Waals surface area contributed by atoms with Gasteiger partial charge in [0.2, 0.25) is 0 Å². The fraction of sp³-hybridized carbons (Fsp3) is 0.429. The first-order valence-electron chi connectivity index (χ1n) is 3.18. The number of hydrogen-bond donors (Lipinski definition) is 0. The van der Waals surface area contributed by atoms with E-state index in [-0.39, 0.29) is 0 Å². The number of rotatable bonds is 1. The summed E-state index contributed by atoms with van der Waals surface area (Å²) in [4.78, 5) is 8.11. The second-order valence-electron chi connectivity index (χ2n) is 2.41. The molecule has 0 unspecified atom stereocenters. The van der Waals surface area contributed by atoms with Crippen LogP contribution in [0.3, 0.4) is 0 Å². The van der Waals surface area contributed by atoms with E-state index in [0.29, 0.717) is 10.7 Å². The summed E-state index contributed by atoms with van der Waals surface area (Å²) < 4.78 is 0.665. The maximum absolute atomic E-state index is 4.18. The Bertz CT molecular complexity index is 223. The second kappa shape index (κ2) is 3.10. The summed E-state index contributed by atoms with van der Waals surface area (Å²) in [5, 5.41) is 0. The minimum absolute atomic E-state index is 0.472. The van der Waals surface area contributed by atoms with Crippen molar-refractivity contribution in [3.8, 4) is 0 Å². The lowest BCUT2D eigenvalue weighted by molar-refractivity contribution is 0.806. The smallest absolute Gasteiger partial charge is 0.196 e. The third-order valence-corrected chi connectivity index (χ3v) is 1.62. The summed E-state index contributed by atoms with van der Waals surface area (Å²) >= 11 is 3.21. The van der Waals surface area contributed by atoms with Crippen molar-refractivity contribution in [3.63, 3.8) is 0 Å². The maximum Gasteiger partial charge on any atom is 0.196 e. The zero-order chi connectivity index (χ0) is 7.56. The molecular weight excluding hydrogens is 192 g/mol. The highest BCUT2D eigenvalue weighted by Gasteiger charge is 1.99. The van der Waals surface area contributed by atoms with Crippen molar-refractivity contribution in [1.82, 2.24) is 9.97 Å². The molecule has 0 radical (unpaired) electrons. The Hall–Kier alpha value is -0.440. The molecule has 10 heavy (non-hydrogen) atoms. The highest BCUT2D eigenvalue weighted by Crippen LogP contribution is 2.11. The summed E-state index contributed by atoms with van der Waals surface area (Å²) in [5.41, 5.74) is 1.07. The average Bonchev–Trinajstić information content (AvgIpc) is 1.88. The molecule has 0 aromatic carbocycles. The molecule has 54 valence electrons. The third kappa shape index (κ3) is 1.77. The largest absolute Gasteiger partial charge is 0.231 e. The number of nitrogens with zero attached hydrogens (tertiary/aromatic N) is 2. The van der Waals surface area contributed by atoms with Crippen molar-refractivity contribution in [2.75, 3.05) is 0 Å². The van der Waals surface area contributed by atoms with Crippen LogP contribution in [0, 0.1) is 0 Å². The lowest BCUT2D eigenvalue weighted by atomic mass is 10.1. The highest BCUT2D eigenvalue weighted by molar-refractivity contribution is 9.10. The summed E-state index contributed by atoms with van der Waals surface area (Å²) in [6, 6.07) is 1.93. The molecule has 0 aliphatic rings. The van der Waals surface area contributed by atoms with Crippen LogP contribution in [0.2, 0.25) is 0 Å². The first kappa shape index (κ1) is 7.66. The molecular formula is C7H9BrN2. The molecule has 2 nitrogen and oxygen atoms in total. The van der Waals surface area contributed by atoms with Crippen LogP contribution in [-0.4, -0.2) is 9.97 Å². The Morgan fingerprint density at radius 3 is 2.60 bits per heavy atom.